The van der Waals surface area contributed by atoms with Crippen LogP contribution in [0.1, 0.15) is 18.9 Å². The van der Waals surface area contributed by atoms with Gasteiger partial charge in [0.15, 0.2) is 0 Å². The molecule has 2 unspecified atom stereocenters. The highest BCUT2D eigenvalue weighted by Gasteiger charge is 2.44. The van der Waals surface area contributed by atoms with Crippen LogP contribution in [0.3, 0.4) is 0 Å². The first-order valence-electron chi connectivity index (χ1n) is 8.80. The monoisotopic (exact) mass is 392 g/mol. The number of amides is 1. The molecule has 1 aliphatic carbocycles. The van der Waals surface area contributed by atoms with Crippen molar-refractivity contribution in [1.82, 2.24) is 10.6 Å². The molecule has 2 aliphatic rings. The molecule has 0 spiro atoms. The predicted molar refractivity (Wildman–Crippen MR) is 98.5 cm³/mol. The molecular weight excluding hydrogens is 372 g/mol. The first kappa shape index (κ1) is 19.9. The summed E-state index contributed by atoms with van der Waals surface area (Å²) in [5.74, 6) is -1.12. The van der Waals surface area contributed by atoms with E-state index in [9.17, 15) is 22.4 Å². The molecule has 0 fully saturated rings. The summed E-state index contributed by atoms with van der Waals surface area (Å²) < 4.78 is 53.3. The summed E-state index contributed by atoms with van der Waals surface area (Å²) in [6.07, 6.45) is 1.69. The number of halogens is 4. The van der Waals surface area contributed by atoms with Crippen LogP contribution >= 0.6 is 0 Å². The third-order valence-corrected chi connectivity index (χ3v) is 4.71. The van der Waals surface area contributed by atoms with Gasteiger partial charge < -0.3 is 10.6 Å². The van der Waals surface area contributed by atoms with E-state index in [0.29, 0.717) is 11.1 Å². The molecule has 0 saturated carbocycles. The molecule has 0 aromatic heterocycles. The van der Waals surface area contributed by atoms with Gasteiger partial charge in [0.2, 0.25) is 5.91 Å². The molecule has 148 valence electrons. The summed E-state index contributed by atoms with van der Waals surface area (Å²) in [5, 5.41) is 5.37. The molecule has 28 heavy (non-hydrogen) atoms. The standard InChI is InChI=1S/C21H20F4N2O/c1-20(13-21(23,24)25,11-14-6-3-2-4-7-14)19(28)27-16-10-15-8-5-9-17(22)18(15)26-12-16/h2-10,12,18,26H,11,13H2,1H3,(H,27,28). The maximum atomic E-state index is 13.8. The van der Waals surface area contributed by atoms with Gasteiger partial charge in [-0.15, -0.1) is 0 Å². The molecule has 2 atom stereocenters. The lowest BCUT2D eigenvalue weighted by molar-refractivity contribution is -0.166. The maximum absolute atomic E-state index is 13.8. The van der Waals surface area contributed by atoms with Crippen molar-refractivity contribution in [3.8, 4) is 0 Å². The minimum absolute atomic E-state index is 0.0592. The number of carbonyl (C=O) groups excluding carboxylic acids is 1. The fraction of sp³-hybridized carbons (Fsp3) is 0.286. The van der Waals surface area contributed by atoms with E-state index in [-0.39, 0.29) is 17.9 Å². The Morgan fingerprint density at radius 2 is 1.93 bits per heavy atom. The molecule has 7 heteroatoms. The lowest BCUT2D eigenvalue weighted by Gasteiger charge is -2.31. The van der Waals surface area contributed by atoms with E-state index in [1.165, 1.54) is 25.3 Å². The van der Waals surface area contributed by atoms with Gasteiger partial charge in [-0.2, -0.15) is 13.2 Å². The Kier molecular flexibility index (Phi) is 5.45. The molecule has 1 amide bonds. The number of allylic oxidation sites excluding steroid dienone is 3. The number of alkyl halides is 3. The molecule has 1 aromatic rings. The van der Waals surface area contributed by atoms with Crippen LogP contribution < -0.4 is 10.6 Å². The van der Waals surface area contributed by atoms with Crippen LogP contribution in [0.25, 0.3) is 0 Å². The smallest absolute Gasteiger partial charge is 0.376 e. The molecule has 2 N–H and O–H groups in total. The quantitative estimate of drug-likeness (QED) is 0.726. The van der Waals surface area contributed by atoms with Crippen LogP contribution in [0.2, 0.25) is 0 Å². The Bertz CT molecular complexity index is 868. The van der Waals surface area contributed by atoms with Gasteiger partial charge in [-0.05, 0) is 29.7 Å². The molecule has 0 saturated heterocycles. The van der Waals surface area contributed by atoms with Crippen LogP contribution in [0.4, 0.5) is 17.6 Å². The van der Waals surface area contributed by atoms with E-state index in [1.54, 1.807) is 42.5 Å². The average Bonchev–Trinajstić information content (AvgIpc) is 2.61. The Hall–Kier alpha value is -2.83. The molecule has 3 rings (SSSR count). The first-order valence-corrected chi connectivity index (χ1v) is 8.80. The molecule has 1 heterocycles. The van der Waals surface area contributed by atoms with Gasteiger partial charge in [-0.25, -0.2) is 4.39 Å². The molecule has 1 aromatic carbocycles. The van der Waals surface area contributed by atoms with Crippen LogP contribution in [-0.2, 0) is 11.2 Å². The molecule has 0 bridgehead atoms. The molecule has 3 nitrogen and oxygen atoms in total. The van der Waals surface area contributed by atoms with Gasteiger partial charge in [-0.1, -0.05) is 49.4 Å². The van der Waals surface area contributed by atoms with Crippen LogP contribution in [0, 0.1) is 5.41 Å². The van der Waals surface area contributed by atoms with Crippen molar-refractivity contribution < 1.29 is 22.4 Å². The summed E-state index contributed by atoms with van der Waals surface area (Å²) in [6, 6.07) is 7.94. The third-order valence-electron chi connectivity index (χ3n) is 4.71. The number of dihydropyridines is 1. The highest BCUT2D eigenvalue weighted by molar-refractivity contribution is 5.84. The predicted octanol–water partition coefficient (Wildman–Crippen LogP) is 4.47. The van der Waals surface area contributed by atoms with Gasteiger partial charge >= 0.3 is 6.18 Å². The first-order chi connectivity index (χ1) is 13.2. The Labute approximate surface area is 160 Å². The van der Waals surface area contributed by atoms with E-state index in [4.69, 9.17) is 0 Å². The van der Waals surface area contributed by atoms with E-state index in [0.717, 1.165) is 0 Å². The van der Waals surface area contributed by atoms with Crippen molar-refractivity contribution in [2.75, 3.05) is 0 Å². The van der Waals surface area contributed by atoms with Crippen molar-refractivity contribution >= 4 is 5.91 Å². The lowest BCUT2D eigenvalue weighted by atomic mass is 9.79. The summed E-state index contributed by atoms with van der Waals surface area (Å²) >= 11 is 0. The Balaban J connectivity index is 1.79. The number of fused-ring (bicyclic) bond motifs is 1. The average molecular weight is 392 g/mol. The number of hydrogen-bond acceptors (Lipinski definition) is 2. The van der Waals surface area contributed by atoms with E-state index < -0.39 is 30.0 Å². The second-order valence-corrected chi connectivity index (χ2v) is 7.22. The number of rotatable bonds is 5. The normalized spacial score (nSPS) is 20.8. The van der Waals surface area contributed by atoms with Crippen molar-refractivity contribution in [2.24, 2.45) is 5.41 Å². The number of hydrogen-bond donors (Lipinski definition) is 2. The summed E-state index contributed by atoms with van der Waals surface area (Å²) in [7, 11) is 0. The van der Waals surface area contributed by atoms with Gasteiger partial charge in [-0.3, -0.25) is 4.79 Å². The summed E-state index contributed by atoms with van der Waals surface area (Å²) in [6.45, 7) is 1.30. The SMILES string of the molecule is CC(Cc1ccccc1)(CC(F)(F)F)C(=O)NC1=CNC2C(F)=CC=CC2=C1. The minimum Gasteiger partial charge on any atom is -0.376 e. The summed E-state index contributed by atoms with van der Waals surface area (Å²) in [4.78, 5) is 12.8. The fourth-order valence-electron chi connectivity index (χ4n) is 3.37. The van der Waals surface area contributed by atoms with Crippen LogP contribution in [0.15, 0.2) is 77.9 Å². The Morgan fingerprint density at radius 1 is 1.21 bits per heavy atom. The second kappa shape index (κ2) is 7.66. The number of benzene rings is 1. The van der Waals surface area contributed by atoms with Crippen molar-refractivity contribution in [3.63, 3.8) is 0 Å². The second-order valence-electron chi connectivity index (χ2n) is 7.22. The van der Waals surface area contributed by atoms with Crippen molar-refractivity contribution in [3.05, 3.63) is 83.5 Å². The zero-order chi connectivity index (χ0) is 20.4. The third kappa shape index (κ3) is 4.71. The molecular formula is C21H20F4N2O. The highest BCUT2D eigenvalue weighted by atomic mass is 19.4. The number of carbonyl (C=O) groups is 1. The zero-order valence-electron chi connectivity index (χ0n) is 15.2. The summed E-state index contributed by atoms with van der Waals surface area (Å²) in [5.41, 5.74) is -0.181. The van der Waals surface area contributed by atoms with Gasteiger partial charge in [0, 0.05) is 6.20 Å². The number of nitrogens with one attached hydrogen (secondary N) is 2. The van der Waals surface area contributed by atoms with Gasteiger partial charge in [0.25, 0.3) is 0 Å². The van der Waals surface area contributed by atoms with Crippen LogP contribution in [-0.4, -0.2) is 18.1 Å². The van der Waals surface area contributed by atoms with Crippen molar-refractivity contribution in [1.29, 1.82) is 0 Å². The highest BCUT2D eigenvalue weighted by Crippen LogP contribution is 2.37. The fourth-order valence-corrected chi connectivity index (χ4v) is 3.37. The molecule has 0 radical (unpaired) electrons. The van der Waals surface area contributed by atoms with Gasteiger partial charge in [0.05, 0.1) is 17.5 Å². The van der Waals surface area contributed by atoms with E-state index in [1.807, 2.05) is 0 Å². The largest absolute Gasteiger partial charge is 0.390 e. The van der Waals surface area contributed by atoms with Crippen LogP contribution in [0.5, 0.6) is 0 Å². The topological polar surface area (TPSA) is 41.1 Å². The van der Waals surface area contributed by atoms with Crippen molar-refractivity contribution in [2.45, 2.75) is 32.0 Å². The Morgan fingerprint density at radius 3 is 2.61 bits per heavy atom. The lowest BCUT2D eigenvalue weighted by Crippen LogP contribution is -2.44. The van der Waals surface area contributed by atoms with Gasteiger partial charge in [0.1, 0.15) is 11.9 Å². The zero-order valence-corrected chi connectivity index (χ0v) is 15.2. The van der Waals surface area contributed by atoms with E-state index >= 15 is 0 Å². The minimum atomic E-state index is -4.50. The van der Waals surface area contributed by atoms with E-state index in [2.05, 4.69) is 10.6 Å². The molecule has 1 aliphatic heterocycles. The maximum Gasteiger partial charge on any atom is 0.390 e.